The monoisotopic (exact) mass is 266 g/mol. The van der Waals surface area contributed by atoms with Gasteiger partial charge < -0.3 is 10.5 Å². The van der Waals surface area contributed by atoms with Gasteiger partial charge in [-0.05, 0) is 13.3 Å². The maximum absolute atomic E-state index is 12.2. The maximum atomic E-state index is 12.2. The molecule has 0 bridgehead atoms. The SMILES string of the molecule is CCC1COCCN1S(=O)(=O)C(C)C(N)=S. The normalized spacial score (nSPS) is 25.2. The fraction of sp³-hybridized carbons (Fsp3) is 0.889. The second-order valence-corrected chi connectivity index (χ2v) is 6.51. The number of thiocarbonyl (C=S) groups is 1. The third kappa shape index (κ3) is 2.71. The van der Waals surface area contributed by atoms with Crippen molar-refractivity contribution in [3.8, 4) is 0 Å². The fourth-order valence-corrected chi connectivity index (χ4v) is 3.67. The van der Waals surface area contributed by atoms with Gasteiger partial charge in [-0.25, -0.2) is 8.42 Å². The largest absolute Gasteiger partial charge is 0.392 e. The van der Waals surface area contributed by atoms with Gasteiger partial charge in [-0.3, -0.25) is 0 Å². The molecule has 16 heavy (non-hydrogen) atoms. The topological polar surface area (TPSA) is 72.6 Å². The fourth-order valence-electron chi connectivity index (χ4n) is 1.65. The number of hydrogen-bond donors (Lipinski definition) is 1. The molecule has 2 unspecified atom stereocenters. The molecule has 2 N–H and O–H groups in total. The highest BCUT2D eigenvalue weighted by molar-refractivity contribution is 7.92. The first-order chi connectivity index (χ1) is 7.41. The lowest BCUT2D eigenvalue weighted by Crippen LogP contribution is -2.52. The molecule has 1 saturated heterocycles. The molecular formula is C9H18N2O3S2. The van der Waals surface area contributed by atoms with Crippen LogP contribution in [0.4, 0.5) is 0 Å². The molecule has 1 aliphatic rings. The number of rotatable bonds is 4. The van der Waals surface area contributed by atoms with E-state index in [2.05, 4.69) is 0 Å². The van der Waals surface area contributed by atoms with E-state index in [4.69, 9.17) is 22.7 Å². The van der Waals surface area contributed by atoms with Crippen molar-refractivity contribution in [1.29, 1.82) is 0 Å². The number of sulfonamides is 1. The van der Waals surface area contributed by atoms with Crippen molar-refractivity contribution in [3.63, 3.8) is 0 Å². The second-order valence-electron chi connectivity index (χ2n) is 3.84. The smallest absolute Gasteiger partial charge is 0.223 e. The van der Waals surface area contributed by atoms with Crippen LogP contribution >= 0.6 is 12.2 Å². The molecule has 1 fully saturated rings. The summed E-state index contributed by atoms with van der Waals surface area (Å²) >= 11 is 4.75. The summed E-state index contributed by atoms with van der Waals surface area (Å²) in [4.78, 5) is 0.0151. The van der Waals surface area contributed by atoms with Gasteiger partial charge >= 0.3 is 0 Å². The maximum Gasteiger partial charge on any atom is 0.223 e. The first-order valence-electron chi connectivity index (χ1n) is 5.29. The van der Waals surface area contributed by atoms with Crippen LogP contribution in [0.15, 0.2) is 0 Å². The van der Waals surface area contributed by atoms with Crippen LogP contribution < -0.4 is 5.73 Å². The molecule has 0 aromatic carbocycles. The highest BCUT2D eigenvalue weighted by Crippen LogP contribution is 2.18. The Kier molecular flexibility index (Phi) is 4.66. The van der Waals surface area contributed by atoms with Gasteiger partial charge in [0.05, 0.1) is 18.2 Å². The molecule has 0 saturated carbocycles. The Balaban J connectivity index is 2.92. The van der Waals surface area contributed by atoms with Gasteiger partial charge in [0.1, 0.15) is 5.25 Å². The Bertz CT molecular complexity index is 356. The summed E-state index contributed by atoms with van der Waals surface area (Å²) in [5.74, 6) is 0. The molecule has 5 nitrogen and oxygen atoms in total. The molecule has 1 heterocycles. The Hall–Kier alpha value is -0.240. The van der Waals surface area contributed by atoms with Crippen LogP contribution in [-0.2, 0) is 14.8 Å². The molecule has 1 rings (SSSR count). The van der Waals surface area contributed by atoms with Gasteiger partial charge in [-0.15, -0.1) is 0 Å². The van der Waals surface area contributed by atoms with E-state index >= 15 is 0 Å². The zero-order chi connectivity index (χ0) is 12.3. The van der Waals surface area contributed by atoms with Gasteiger partial charge in [-0.2, -0.15) is 4.31 Å². The molecule has 0 aromatic rings. The Labute approximate surface area is 102 Å². The van der Waals surface area contributed by atoms with E-state index in [1.807, 2.05) is 6.92 Å². The first kappa shape index (κ1) is 13.8. The molecule has 0 aromatic heterocycles. The summed E-state index contributed by atoms with van der Waals surface area (Å²) in [6, 6.07) is -0.101. The lowest BCUT2D eigenvalue weighted by Gasteiger charge is -2.35. The van der Waals surface area contributed by atoms with E-state index < -0.39 is 15.3 Å². The van der Waals surface area contributed by atoms with Gasteiger partial charge in [0, 0.05) is 12.6 Å². The summed E-state index contributed by atoms with van der Waals surface area (Å²) in [6.07, 6.45) is 0.725. The van der Waals surface area contributed by atoms with E-state index in [1.165, 1.54) is 11.2 Å². The quantitative estimate of drug-likeness (QED) is 0.731. The van der Waals surface area contributed by atoms with E-state index in [-0.39, 0.29) is 11.0 Å². The highest BCUT2D eigenvalue weighted by atomic mass is 32.2. The molecule has 0 amide bonds. The summed E-state index contributed by atoms with van der Waals surface area (Å²) in [7, 11) is -3.44. The van der Waals surface area contributed by atoms with E-state index in [0.29, 0.717) is 19.8 Å². The van der Waals surface area contributed by atoms with E-state index in [1.54, 1.807) is 0 Å². The van der Waals surface area contributed by atoms with Crippen LogP contribution in [-0.4, -0.2) is 48.8 Å². The number of morpholine rings is 1. The van der Waals surface area contributed by atoms with Crippen LogP contribution in [0.1, 0.15) is 20.3 Å². The summed E-state index contributed by atoms with van der Waals surface area (Å²) in [6.45, 7) is 4.72. The van der Waals surface area contributed by atoms with Crippen molar-refractivity contribution in [1.82, 2.24) is 4.31 Å². The third-order valence-corrected chi connectivity index (χ3v) is 5.60. The Morgan fingerprint density at radius 1 is 1.69 bits per heavy atom. The van der Waals surface area contributed by atoms with Crippen LogP contribution in [0.3, 0.4) is 0 Å². The van der Waals surface area contributed by atoms with Gasteiger partial charge in [-0.1, -0.05) is 19.1 Å². The van der Waals surface area contributed by atoms with Crippen molar-refractivity contribution in [2.75, 3.05) is 19.8 Å². The van der Waals surface area contributed by atoms with E-state index in [9.17, 15) is 8.42 Å². The average Bonchev–Trinajstić information content (AvgIpc) is 2.27. The lowest BCUT2D eigenvalue weighted by molar-refractivity contribution is 0.0313. The number of nitrogens with two attached hydrogens (primary N) is 1. The van der Waals surface area contributed by atoms with Gasteiger partial charge in [0.15, 0.2) is 0 Å². The molecule has 1 aliphatic heterocycles. The van der Waals surface area contributed by atoms with Crippen molar-refractivity contribution in [2.24, 2.45) is 5.73 Å². The molecule has 0 spiro atoms. The minimum absolute atomic E-state index is 0.0151. The minimum Gasteiger partial charge on any atom is -0.392 e. The lowest BCUT2D eigenvalue weighted by atomic mass is 10.2. The van der Waals surface area contributed by atoms with Crippen molar-refractivity contribution >= 4 is 27.2 Å². The second kappa shape index (κ2) is 5.39. The summed E-state index contributed by atoms with van der Waals surface area (Å²) in [5.41, 5.74) is 5.41. The summed E-state index contributed by atoms with van der Waals surface area (Å²) < 4.78 is 31.1. The molecule has 2 atom stereocenters. The van der Waals surface area contributed by atoms with Crippen molar-refractivity contribution in [2.45, 2.75) is 31.6 Å². The van der Waals surface area contributed by atoms with Crippen LogP contribution in [0.5, 0.6) is 0 Å². The van der Waals surface area contributed by atoms with Crippen LogP contribution in [0.25, 0.3) is 0 Å². The first-order valence-corrected chi connectivity index (χ1v) is 7.20. The third-order valence-electron chi connectivity index (χ3n) is 2.82. The standard InChI is InChI=1S/C9H18N2O3S2/c1-3-8-6-14-5-4-11(8)16(12,13)7(2)9(10)15/h7-8H,3-6H2,1-2H3,(H2,10,15). The molecule has 7 heteroatoms. The van der Waals surface area contributed by atoms with Crippen LogP contribution in [0, 0.1) is 0 Å². The highest BCUT2D eigenvalue weighted by Gasteiger charge is 2.36. The zero-order valence-corrected chi connectivity index (χ0v) is 11.2. The van der Waals surface area contributed by atoms with Crippen molar-refractivity contribution in [3.05, 3.63) is 0 Å². The zero-order valence-electron chi connectivity index (χ0n) is 9.55. The summed E-state index contributed by atoms with van der Waals surface area (Å²) in [5, 5.41) is -0.811. The average molecular weight is 266 g/mol. The molecule has 94 valence electrons. The van der Waals surface area contributed by atoms with E-state index in [0.717, 1.165) is 6.42 Å². The number of nitrogens with zero attached hydrogens (tertiary/aromatic N) is 1. The van der Waals surface area contributed by atoms with Crippen molar-refractivity contribution < 1.29 is 13.2 Å². The Morgan fingerprint density at radius 3 is 2.81 bits per heavy atom. The predicted molar refractivity (Wildman–Crippen MR) is 66.8 cm³/mol. The minimum atomic E-state index is -3.44. The predicted octanol–water partition coefficient (Wildman–Crippen LogP) is 0.102. The van der Waals surface area contributed by atoms with Gasteiger partial charge in [0.2, 0.25) is 10.0 Å². The molecule has 0 aliphatic carbocycles. The number of ether oxygens (including phenoxy) is 1. The van der Waals surface area contributed by atoms with Crippen LogP contribution in [0.2, 0.25) is 0 Å². The van der Waals surface area contributed by atoms with Gasteiger partial charge in [0.25, 0.3) is 0 Å². The molecular weight excluding hydrogens is 248 g/mol. The Morgan fingerprint density at radius 2 is 2.31 bits per heavy atom. The molecule has 0 radical (unpaired) electrons. The number of hydrogen-bond acceptors (Lipinski definition) is 4.